The van der Waals surface area contributed by atoms with Crippen molar-refractivity contribution in [2.24, 2.45) is 0 Å². The standard InChI is InChI=1S/C11H12F3NO/c1-2-15(8-16)7-9-3-5-10(6-4-9)11(12,13)14/h3-6,8H,2,7H2,1H3. The SMILES string of the molecule is CCN(C=O)Cc1ccc(C(F)(F)F)cc1. The lowest BCUT2D eigenvalue weighted by molar-refractivity contribution is -0.137. The molecule has 1 aromatic carbocycles. The van der Waals surface area contributed by atoms with Crippen molar-refractivity contribution in [1.29, 1.82) is 0 Å². The summed E-state index contributed by atoms with van der Waals surface area (Å²) < 4.78 is 36.7. The molecule has 0 aliphatic carbocycles. The van der Waals surface area contributed by atoms with Crippen LogP contribution in [0.4, 0.5) is 13.2 Å². The number of rotatable bonds is 4. The first-order valence-electron chi connectivity index (χ1n) is 4.83. The second-order valence-corrected chi connectivity index (χ2v) is 3.36. The van der Waals surface area contributed by atoms with E-state index in [1.54, 1.807) is 6.92 Å². The van der Waals surface area contributed by atoms with E-state index in [0.29, 0.717) is 25.1 Å². The van der Waals surface area contributed by atoms with Crippen LogP contribution in [-0.2, 0) is 17.5 Å². The van der Waals surface area contributed by atoms with Gasteiger partial charge in [0.2, 0.25) is 6.41 Å². The van der Waals surface area contributed by atoms with Crippen LogP contribution in [0.1, 0.15) is 18.1 Å². The Morgan fingerprint density at radius 3 is 2.19 bits per heavy atom. The van der Waals surface area contributed by atoms with Crippen LogP contribution < -0.4 is 0 Å². The average molecular weight is 231 g/mol. The average Bonchev–Trinajstić information content (AvgIpc) is 2.25. The monoisotopic (exact) mass is 231 g/mol. The maximum atomic E-state index is 12.2. The largest absolute Gasteiger partial charge is 0.416 e. The van der Waals surface area contributed by atoms with E-state index in [2.05, 4.69) is 0 Å². The van der Waals surface area contributed by atoms with Crippen molar-refractivity contribution in [1.82, 2.24) is 4.90 Å². The van der Waals surface area contributed by atoms with Gasteiger partial charge >= 0.3 is 6.18 Å². The second-order valence-electron chi connectivity index (χ2n) is 3.36. The first kappa shape index (κ1) is 12.5. The Bertz CT molecular complexity index is 345. The van der Waals surface area contributed by atoms with E-state index < -0.39 is 11.7 Å². The zero-order chi connectivity index (χ0) is 12.2. The molecule has 0 aliphatic rings. The van der Waals surface area contributed by atoms with Crippen LogP contribution in [0, 0.1) is 0 Å². The molecule has 0 bridgehead atoms. The van der Waals surface area contributed by atoms with Crippen LogP contribution >= 0.6 is 0 Å². The number of carbonyl (C=O) groups is 1. The lowest BCUT2D eigenvalue weighted by Gasteiger charge is -2.15. The highest BCUT2D eigenvalue weighted by Crippen LogP contribution is 2.29. The molecular weight excluding hydrogens is 219 g/mol. The number of hydrogen-bond donors (Lipinski definition) is 0. The maximum Gasteiger partial charge on any atom is 0.416 e. The van der Waals surface area contributed by atoms with Crippen LogP contribution in [-0.4, -0.2) is 17.9 Å². The summed E-state index contributed by atoms with van der Waals surface area (Å²) >= 11 is 0. The summed E-state index contributed by atoms with van der Waals surface area (Å²) in [5, 5.41) is 0. The normalized spacial score (nSPS) is 11.2. The van der Waals surface area contributed by atoms with Gasteiger partial charge in [-0.1, -0.05) is 12.1 Å². The van der Waals surface area contributed by atoms with E-state index in [0.717, 1.165) is 12.1 Å². The minimum absolute atomic E-state index is 0.331. The summed E-state index contributed by atoms with van der Waals surface area (Å²) in [4.78, 5) is 12.0. The van der Waals surface area contributed by atoms with Gasteiger partial charge in [0.25, 0.3) is 0 Å². The van der Waals surface area contributed by atoms with Gasteiger partial charge < -0.3 is 4.90 Å². The van der Waals surface area contributed by atoms with E-state index in [1.807, 2.05) is 0 Å². The number of halogens is 3. The summed E-state index contributed by atoms with van der Waals surface area (Å²) in [7, 11) is 0. The molecule has 0 spiro atoms. The molecule has 0 heterocycles. The molecule has 0 atom stereocenters. The molecule has 1 rings (SSSR count). The Balaban J connectivity index is 2.75. The number of hydrogen-bond acceptors (Lipinski definition) is 1. The molecule has 5 heteroatoms. The molecule has 2 nitrogen and oxygen atoms in total. The van der Waals surface area contributed by atoms with Gasteiger partial charge in [-0.05, 0) is 24.6 Å². The molecule has 16 heavy (non-hydrogen) atoms. The van der Waals surface area contributed by atoms with Gasteiger partial charge in [0.1, 0.15) is 0 Å². The van der Waals surface area contributed by atoms with Gasteiger partial charge in [0.15, 0.2) is 0 Å². The van der Waals surface area contributed by atoms with Gasteiger partial charge in [0, 0.05) is 13.1 Å². The smallest absolute Gasteiger partial charge is 0.341 e. The second kappa shape index (κ2) is 5.01. The van der Waals surface area contributed by atoms with E-state index >= 15 is 0 Å². The number of alkyl halides is 3. The molecule has 1 amide bonds. The number of benzene rings is 1. The molecule has 0 N–H and O–H groups in total. The summed E-state index contributed by atoms with van der Waals surface area (Å²) in [6, 6.07) is 4.81. The van der Waals surface area contributed by atoms with Crippen LogP contribution in [0.15, 0.2) is 24.3 Å². The summed E-state index contributed by atoms with van der Waals surface area (Å²) in [6.07, 6.45) is -3.63. The Labute approximate surface area is 91.7 Å². The molecule has 0 radical (unpaired) electrons. The van der Waals surface area contributed by atoms with Gasteiger partial charge in [-0.15, -0.1) is 0 Å². The maximum absolute atomic E-state index is 12.2. The minimum Gasteiger partial charge on any atom is -0.341 e. The summed E-state index contributed by atoms with van der Waals surface area (Å²) in [5.74, 6) is 0. The van der Waals surface area contributed by atoms with E-state index in [1.165, 1.54) is 17.0 Å². The fourth-order valence-electron chi connectivity index (χ4n) is 1.26. The van der Waals surface area contributed by atoms with E-state index in [9.17, 15) is 18.0 Å². The lowest BCUT2D eigenvalue weighted by atomic mass is 10.1. The fraction of sp³-hybridized carbons (Fsp3) is 0.364. The van der Waals surface area contributed by atoms with Gasteiger partial charge in [0.05, 0.1) is 5.56 Å². The Kier molecular flexibility index (Phi) is 3.93. The predicted octanol–water partition coefficient (Wildman–Crippen LogP) is 2.68. The molecule has 0 unspecified atom stereocenters. The van der Waals surface area contributed by atoms with Crippen molar-refractivity contribution in [2.45, 2.75) is 19.6 Å². The number of amides is 1. The highest BCUT2D eigenvalue weighted by Gasteiger charge is 2.29. The van der Waals surface area contributed by atoms with Crippen LogP contribution in [0.2, 0.25) is 0 Å². The molecule has 1 aromatic rings. The predicted molar refractivity (Wildman–Crippen MR) is 53.6 cm³/mol. The van der Waals surface area contributed by atoms with Crippen molar-refractivity contribution in [3.8, 4) is 0 Å². The van der Waals surface area contributed by atoms with Gasteiger partial charge in [-0.2, -0.15) is 13.2 Å². The van der Waals surface area contributed by atoms with Gasteiger partial charge in [-0.3, -0.25) is 4.79 Å². The highest BCUT2D eigenvalue weighted by atomic mass is 19.4. The first-order chi connectivity index (χ1) is 7.47. The first-order valence-corrected chi connectivity index (χ1v) is 4.83. The zero-order valence-electron chi connectivity index (χ0n) is 8.79. The van der Waals surface area contributed by atoms with Crippen LogP contribution in [0.25, 0.3) is 0 Å². The molecule has 0 fully saturated rings. The summed E-state index contributed by atoms with van der Waals surface area (Å²) in [5.41, 5.74) is 0.00681. The third-order valence-electron chi connectivity index (χ3n) is 2.22. The number of nitrogens with zero attached hydrogens (tertiary/aromatic N) is 1. The molecular formula is C11H12F3NO. The van der Waals surface area contributed by atoms with Crippen molar-refractivity contribution < 1.29 is 18.0 Å². The van der Waals surface area contributed by atoms with Crippen molar-refractivity contribution in [3.63, 3.8) is 0 Å². The minimum atomic E-state index is -4.31. The van der Waals surface area contributed by atoms with Crippen molar-refractivity contribution in [3.05, 3.63) is 35.4 Å². The third kappa shape index (κ3) is 3.25. The van der Waals surface area contributed by atoms with Crippen molar-refractivity contribution >= 4 is 6.41 Å². The number of carbonyl (C=O) groups excluding carboxylic acids is 1. The molecule has 0 aromatic heterocycles. The third-order valence-corrected chi connectivity index (χ3v) is 2.22. The molecule has 0 saturated heterocycles. The Morgan fingerprint density at radius 2 is 1.81 bits per heavy atom. The van der Waals surface area contributed by atoms with Crippen LogP contribution in [0.5, 0.6) is 0 Å². The van der Waals surface area contributed by atoms with E-state index in [4.69, 9.17) is 0 Å². The zero-order valence-corrected chi connectivity index (χ0v) is 8.79. The Hall–Kier alpha value is -1.52. The lowest BCUT2D eigenvalue weighted by Crippen LogP contribution is -2.20. The van der Waals surface area contributed by atoms with Crippen LogP contribution in [0.3, 0.4) is 0 Å². The molecule has 0 saturated carbocycles. The molecule has 88 valence electrons. The quantitative estimate of drug-likeness (QED) is 0.729. The summed E-state index contributed by atoms with van der Waals surface area (Å²) in [6.45, 7) is 2.67. The fourth-order valence-corrected chi connectivity index (χ4v) is 1.26. The van der Waals surface area contributed by atoms with Gasteiger partial charge in [-0.25, -0.2) is 0 Å². The topological polar surface area (TPSA) is 20.3 Å². The Morgan fingerprint density at radius 1 is 1.25 bits per heavy atom. The molecule has 0 aliphatic heterocycles. The van der Waals surface area contributed by atoms with E-state index in [-0.39, 0.29) is 0 Å². The van der Waals surface area contributed by atoms with Crippen molar-refractivity contribution in [2.75, 3.05) is 6.54 Å². The highest BCUT2D eigenvalue weighted by molar-refractivity contribution is 5.47.